The molecule has 25 heavy (non-hydrogen) atoms. The van der Waals surface area contributed by atoms with Gasteiger partial charge in [-0.1, -0.05) is 31.6 Å². The number of ether oxygens (including phenoxy) is 1. The van der Waals surface area contributed by atoms with Gasteiger partial charge in [0, 0.05) is 5.56 Å². The van der Waals surface area contributed by atoms with Gasteiger partial charge in [-0.2, -0.15) is 0 Å². The van der Waals surface area contributed by atoms with Gasteiger partial charge in [0.15, 0.2) is 0 Å². The third-order valence-corrected chi connectivity index (χ3v) is 3.94. The highest BCUT2D eigenvalue weighted by Crippen LogP contribution is 2.29. The molecule has 3 rings (SSSR count). The lowest BCUT2D eigenvalue weighted by Gasteiger charge is -2.10. The lowest BCUT2D eigenvalue weighted by atomic mass is 9.96. The summed E-state index contributed by atoms with van der Waals surface area (Å²) < 4.78 is 11.4. The summed E-state index contributed by atoms with van der Waals surface area (Å²) in [7, 11) is 0. The van der Waals surface area contributed by atoms with E-state index in [1.807, 2.05) is 24.3 Å². The van der Waals surface area contributed by atoms with Crippen LogP contribution in [0.3, 0.4) is 0 Å². The Kier molecular flexibility index (Phi) is 5.28. The van der Waals surface area contributed by atoms with Crippen LogP contribution in [0.5, 0.6) is 5.75 Å². The Morgan fingerprint density at radius 2 is 2.12 bits per heavy atom. The first-order chi connectivity index (χ1) is 12.2. The molecule has 0 radical (unpaired) electrons. The Labute approximate surface area is 145 Å². The molecule has 1 aliphatic carbocycles. The second kappa shape index (κ2) is 7.79. The number of benzene rings is 1. The van der Waals surface area contributed by atoms with Crippen LogP contribution in [0.2, 0.25) is 0 Å². The molecule has 1 atom stereocenters. The van der Waals surface area contributed by atoms with Gasteiger partial charge >= 0.3 is 5.97 Å². The van der Waals surface area contributed by atoms with Gasteiger partial charge in [0.2, 0.25) is 11.8 Å². The van der Waals surface area contributed by atoms with E-state index in [4.69, 9.17) is 14.3 Å². The molecule has 1 heterocycles. The first-order valence-corrected chi connectivity index (χ1v) is 8.35. The number of carbonyl (C=O) groups is 1. The zero-order valence-corrected chi connectivity index (χ0v) is 14.0. The van der Waals surface area contributed by atoms with Crippen molar-refractivity contribution in [3.8, 4) is 17.2 Å². The Hall–Kier alpha value is -2.89. The molecule has 0 saturated carbocycles. The number of rotatable bonds is 7. The normalized spacial score (nSPS) is 16.5. The molecule has 1 unspecified atom stereocenters. The SMILES string of the molecule is CCCCOc1ccc(-c2nnc(C3C=C(C(=O)O)C=CC3)o2)cc1. The van der Waals surface area contributed by atoms with Crippen molar-refractivity contribution < 1.29 is 19.1 Å². The van der Waals surface area contributed by atoms with Gasteiger partial charge in [0.05, 0.1) is 18.1 Å². The summed E-state index contributed by atoms with van der Waals surface area (Å²) in [6, 6.07) is 7.50. The first-order valence-electron chi connectivity index (χ1n) is 8.35. The summed E-state index contributed by atoms with van der Waals surface area (Å²) in [5.74, 6) is 0.466. The summed E-state index contributed by atoms with van der Waals surface area (Å²) in [5, 5.41) is 17.2. The number of hydrogen-bond acceptors (Lipinski definition) is 5. The van der Waals surface area contributed by atoms with Crippen molar-refractivity contribution in [2.45, 2.75) is 32.1 Å². The van der Waals surface area contributed by atoms with Crippen molar-refractivity contribution in [1.29, 1.82) is 0 Å². The Morgan fingerprint density at radius 1 is 1.32 bits per heavy atom. The van der Waals surface area contributed by atoms with E-state index in [1.165, 1.54) is 0 Å². The molecule has 130 valence electrons. The van der Waals surface area contributed by atoms with Crippen molar-refractivity contribution in [3.05, 3.63) is 54.0 Å². The molecule has 0 aliphatic heterocycles. The maximum atomic E-state index is 11.1. The largest absolute Gasteiger partial charge is 0.494 e. The quantitative estimate of drug-likeness (QED) is 0.768. The van der Waals surface area contributed by atoms with E-state index < -0.39 is 5.97 Å². The molecule has 0 spiro atoms. The average molecular weight is 340 g/mol. The van der Waals surface area contributed by atoms with E-state index in [2.05, 4.69) is 17.1 Å². The number of hydrogen-bond donors (Lipinski definition) is 1. The lowest BCUT2D eigenvalue weighted by molar-refractivity contribution is -0.132. The van der Waals surface area contributed by atoms with Crippen LogP contribution in [0.15, 0.2) is 52.5 Å². The molecule has 1 aromatic heterocycles. The van der Waals surface area contributed by atoms with Crippen molar-refractivity contribution in [2.75, 3.05) is 6.61 Å². The van der Waals surface area contributed by atoms with Crippen molar-refractivity contribution in [2.24, 2.45) is 0 Å². The summed E-state index contributed by atoms with van der Waals surface area (Å²) >= 11 is 0. The van der Waals surface area contributed by atoms with Gasteiger partial charge in [-0.05, 0) is 37.1 Å². The first kappa shape index (κ1) is 17.0. The van der Waals surface area contributed by atoms with Crippen molar-refractivity contribution in [3.63, 3.8) is 0 Å². The van der Waals surface area contributed by atoms with E-state index in [0.717, 1.165) is 24.2 Å². The molecule has 0 fully saturated rings. The average Bonchev–Trinajstić information content (AvgIpc) is 3.13. The van der Waals surface area contributed by atoms with Gasteiger partial charge in [-0.15, -0.1) is 10.2 Å². The van der Waals surface area contributed by atoms with E-state index >= 15 is 0 Å². The van der Waals surface area contributed by atoms with E-state index in [0.29, 0.717) is 24.8 Å². The smallest absolute Gasteiger partial charge is 0.335 e. The van der Waals surface area contributed by atoms with Gasteiger partial charge in [-0.3, -0.25) is 0 Å². The summed E-state index contributed by atoms with van der Waals surface area (Å²) in [6.45, 7) is 2.82. The minimum Gasteiger partial charge on any atom is -0.494 e. The number of unbranched alkanes of at least 4 members (excludes halogenated alkanes) is 1. The van der Waals surface area contributed by atoms with Crippen LogP contribution in [0.25, 0.3) is 11.5 Å². The monoisotopic (exact) mass is 340 g/mol. The molecule has 1 N–H and O–H groups in total. The summed E-state index contributed by atoms with van der Waals surface area (Å²) in [6.07, 6.45) is 7.80. The Morgan fingerprint density at radius 3 is 2.84 bits per heavy atom. The van der Waals surface area contributed by atoms with E-state index in [9.17, 15) is 4.79 Å². The molecule has 1 aliphatic rings. The number of carboxylic acid groups (broad SMARTS) is 1. The Balaban J connectivity index is 1.71. The molecule has 2 aromatic rings. The highest BCUT2D eigenvalue weighted by atomic mass is 16.5. The maximum Gasteiger partial charge on any atom is 0.335 e. The molecule has 0 saturated heterocycles. The van der Waals surface area contributed by atoms with Crippen LogP contribution in [0.4, 0.5) is 0 Å². The third kappa shape index (κ3) is 4.15. The lowest BCUT2D eigenvalue weighted by Crippen LogP contribution is -2.06. The van der Waals surface area contributed by atoms with Crippen LogP contribution in [-0.2, 0) is 4.79 Å². The fourth-order valence-corrected chi connectivity index (χ4v) is 2.53. The van der Waals surface area contributed by atoms with Gasteiger partial charge in [0.25, 0.3) is 0 Å². The van der Waals surface area contributed by atoms with Crippen LogP contribution in [0, 0.1) is 0 Å². The zero-order valence-electron chi connectivity index (χ0n) is 14.0. The highest BCUT2D eigenvalue weighted by molar-refractivity contribution is 5.90. The number of aliphatic carboxylic acids is 1. The number of carboxylic acids is 1. The van der Waals surface area contributed by atoms with Crippen molar-refractivity contribution >= 4 is 5.97 Å². The second-order valence-electron chi connectivity index (χ2n) is 5.84. The number of allylic oxidation sites excluding steroid dienone is 2. The predicted molar refractivity (Wildman–Crippen MR) is 92.4 cm³/mol. The summed E-state index contributed by atoms with van der Waals surface area (Å²) in [4.78, 5) is 11.1. The number of aromatic nitrogens is 2. The third-order valence-electron chi connectivity index (χ3n) is 3.94. The minimum absolute atomic E-state index is 0.214. The molecule has 6 heteroatoms. The zero-order chi connectivity index (χ0) is 17.6. The second-order valence-corrected chi connectivity index (χ2v) is 5.84. The van der Waals surface area contributed by atoms with Crippen LogP contribution in [0.1, 0.15) is 38.0 Å². The molecule has 6 nitrogen and oxygen atoms in total. The maximum absolute atomic E-state index is 11.1. The minimum atomic E-state index is -0.959. The fourth-order valence-electron chi connectivity index (χ4n) is 2.53. The van der Waals surface area contributed by atoms with Gasteiger partial charge < -0.3 is 14.3 Å². The summed E-state index contributed by atoms with van der Waals surface area (Å²) in [5.41, 5.74) is 1.04. The molecule has 0 amide bonds. The highest BCUT2D eigenvalue weighted by Gasteiger charge is 2.21. The van der Waals surface area contributed by atoms with Crippen LogP contribution >= 0.6 is 0 Å². The van der Waals surface area contributed by atoms with E-state index in [1.54, 1.807) is 18.2 Å². The van der Waals surface area contributed by atoms with Crippen LogP contribution < -0.4 is 4.74 Å². The molecular weight excluding hydrogens is 320 g/mol. The number of nitrogens with zero attached hydrogens (tertiary/aromatic N) is 2. The van der Waals surface area contributed by atoms with E-state index in [-0.39, 0.29) is 11.5 Å². The van der Waals surface area contributed by atoms with Crippen LogP contribution in [-0.4, -0.2) is 27.9 Å². The standard InChI is InChI=1S/C19H20N2O4/c1-2-3-11-24-16-9-7-13(8-10-16)17-20-21-18(25-17)14-5-4-6-15(12-14)19(22)23/h4,6-10,12,14H,2-3,5,11H2,1H3,(H,22,23). The fraction of sp³-hybridized carbons (Fsp3) is 0.316. The van der Waals surface area contributed by atoms with Gasteiger partial charge in [0.1, 0.15) is 5.75 Å². The topological polar surface area (TPSA) is 85.5 Å². The molecular formula is C19H20N2O4. The van der Waals surface area contributed by atoms with Crippen molar-refractivity contribution in [1.82, 2.24) is 10.2 Å². The predicted octanol–water partition coefficient (Wildman–Crippen LogP) is 3.97. The molecule has 0 bridgehead atoms. The van der Waals surface area contributed by atoms with Gasteiger partial charge in [-0.25, -0.2) is 4.79 Å². The Bertz CT molecular complexity index is 790. The molecule has 1 aromatic carbocycles.